The Kier molecular flexibility index (Phi) is 11.4. The van der Waals surface area contributed by atoms with Crippen LogP contribution in [0.25, 0.3) is 0 Å². The molecule has 0 heterocycles. The zero-order valence-corrected chi connectivity index (χ0v) is 24.0. The van der Waals surface area contributed by atoms with E-state index in [4.69, 9.17) is 9.47 Å². The van der Waals surface area contributed by atoms with Gasteiger partial charge in [0.15, 0.2) is 11.9 Å². The van der Waals surface area contributed by atoms with Crippen LogP contribution >= 0.6 is 0 Å². The van der Waals surface area contributed by atoms with Gasteiger partial charge in [-0.3, -0.25) is 9.59 Å². The normalized spacial score (nSPS) is 12.7. The van der Waals surface area contributed by atoms with Crippen LogP contribution in [0.4, 0.5) is 4.79 Å². The summed E-state index contributed by atoms with van der Waals surface area (Å²) in [6, 6.07) is 23.2. The van der Waals surface area contributed by atoms with Crippen LogP contribution in [0.2, 0.25) is 0 Å². The molecule has 3 aromatic carbocycles. The minimum absolute atomic E-state index is 0.00428. The molecule has 3 rings (SSSR count). The predicted molar refractivity (Wildman–Crippen MR) is 153 cm³/mol. The Morgan fingerprint density at radius 3 is 1.93 bits per heavy atom. The molecule has 0 bridgehead atoms. The Morgan fingerprint density at radius 2 is 1.34 bits per heavy atom. The molecule has 0 aliphatic carbocycles. The van der Waals surface area contributed by atoms with Crippen LogP contribution < -0.4 is 20.1 Å². The fraction of sp³-hybridized carbons (Fsp3) is 0.300. The van der Waals surface area contributed by atoms with Crippen LogP contribution in [-0.4, -0.2) is 38.4 Å². The Morgan fingerprint density at radius 1 is 0.780 bits per heavy atom. The summed E-state index contributed by atoms with van der Waals surface area (Å²) in [6.45, 7) is 4.99. The first kappa shape index (κ1) is 31.3. The van der Waals surface area contributed by atoms with E-state index in [1.165, 1.54) is 18.2 Å². The Hall–Kier alpha value is -4.22. The van der Waals surface area contributed by atoms with E-state index < -0.39 is 40.0 Å². The van der Waals surface area contributed by atoms with Gasteiger partial charge in [-0.2, -0.15) is 4.72 Å². The second kappa shape index (κ2) is 15.0. The summed E-state index contributed by atoms with van der Waals surface area (Å²) in [4.78, 5) is 37.8. The van der Waals surface area contributed by atoms with Crippen molar-refractivity contribution in [3.05, 3.63) is 96.1 Å². The fourth-order valence-electron chi connectivity index (χ4n) is 3.81. The van der Waals surface area contributed by atoms with Crippen LogP contribution in [0.5, 0.6) is 5.75 Å². The molecule has 0 aliphatic heterocycles. The summed E-state index contributed by atoms with van der Waals surface area (Å²) in [5, 5.41) is 4.93. The van der Waals surface area contributed by atoms with E-state index in [1.54, 1.807) is 18.2 Å². The highest BCUT2D eigenvalue weighted by Gasteiger charge is 2.30. The molecule has 0 aliphatic rings. The summed E-state index contributed by atoms with van der Waals surface area (Å²) in [7, 11) is -4.32. The van der Waals surface area contributed by atoms with E-state index in [0.717, 1.165) is 18.1 Å². The van der Waals surface area contributed by atoms with E-state index in [0.29, 0.717) is 0 Å². The number of amides is 2. The number of ketones is 1. The summed E-state index contributed by atoms with van der Waals surface area (Å²) in [5.41, 5.74) is 1.61. The van der Waals surface area contributed by atoms with Crippen molar-refractivity contribution in [2.45, 2.75) is 57.5 Å². The maximum Gasteiger partial charge on any atom is 0.408 e. The molecule has 0 aromatic heterocycles. The van der Waals surface area contributed by atoms with Gasteiger partial charge in [0.25, 0.3) is 0 Å². The van der Waals surface area contributed by atoms with E-state index >= 15 is 0 Å². The van der Waals surface area contributed by atoms with Gasteiger partial charge < -0.3 is 20.1 Å². The molecule has 2 amide bonds. The quantitative estimate of drug-likeness (QED) is 0.245. The SMILES string of the molecule is CC(=O)C(NC(=O)[C@H](CC(C)C)NC(=O)OCc1ccccc1)NS(=O)(=O)c1ccccc1OCc1ccccc1. The van der Waals surface area contributed by atoms with Crippen LogP contribution in [-0.2, 0) is 37.6 Å². The first-order valence-corrected chi connectivity index (χ1v) is 14.6. The largest absolute Gasteiger partial charge is 0.487 e. The molecule has 0 spiro atoms. The molecule has 0 fully saturated rings. The Balaban J connectivity index is 1.69. The average molecular weight is 582 g/mol. The van der Waals surface area contributed by atoms with Gasteiger partial charge in [0.05, 0.1) is 0 Å². The molecular formula is C30H35N3O7S. The number of carbonyl (C=O) groups is 3. The summed E-state index contributed by atoms with van der Waals surface area (Å²) in [6.07, 6.45) is -2.19. The monoisotopic (exact) mass is 581 g/mol. The number of nitrogens with one attached hydrogen (secondary N) is 3. The number of benzene rings is 3. The zero-order valence-electron chi connectivity index (χ0n) is 23.2. The van der Waals surface area contributed by atoms with E-state index in [2.05, 4.69) is 15.4 Å². The van der Waals surface area contributed by atoms with Gasteiger partial charge in [-0.1, -0.05) is 86.6 Å². The molecule has 0 saturated carbocycles. The average Bonchev–Trinajstić information content (AvgIpc) is 2.95. The van der Waals surface area contributed by atoms with Crippen molar-refractivity contribution in [3.8, 4) is 5.75 Å². The first-order valence-electron chi connectivity index (χ1n) is 13.1. The highest BCUT2D eigenvalue weighted by Crippen LogP contribution is 2.24. The van der Waals surface area contributed by atoms with E-state index in [1.807, 2.05) is 62.4 Å². The first-order chi connectivity index (χ1) is 19.5. The number of Topliss-reactive ketones (excluding diaryl/α,β-unsaturated/α-hetero) is 1. The Labute approximate surface area is 240 Å². The third kappa shape index (κ3) is 10.0. The second-order valence-corrected chi connectivity index (χ2v) is 11.5. The number of hydrogen-bond donors (Lipinski definition) is 3. The minimum Gasteiger partial charge on any atom is -0.487 e. The topological polar surface area (TPSA) is 140 Å². The third-order valence-electron chi connectivity index (χ3n) is 5.87. The molecule has 10 nitrogen and oxygen atoms in total. The Bertz CT molecular complexity index is 1410. The molecule has 2 atom stereocenters. The van der Waals surface area contributed by atoms with Crippen molar-refractivity contribution >= 4 is 27.8 Å². The maximum absolute atomic E-state index is 13.3. The number of ether oxygens (including phenoxy) is 2. The molecule has 3 N–H and O–H groups in total. The van der Waals surface area contributed by atoms with Crippen molar-refractivity contribution in [2.24, 2.45) is 5.92 Å². The van der Waals surface area contributed by atoms with Crippen LogP contribution in [0.15, 0.2) is 89.8 Å². The van der Waals surface area contributed by atoms with Gasteiger partial charge in [0, 0.05) is 0 Å². The molecule has 0 saturated heterocycles. The van der Waals surface area contributed by atoms with Gasteiger partial charge in [-0.15, -0.1) is 0 Å². The molecule has 218 valence electrons. The maximum atomic E-state index is 13.3. The predicted octanol–water partition coefficient (Wildman–Crippen LogP) is 3.92. The molecule has 3 aromatic rings. The van der Waals surface area contributed by atoms with Gasteiger partial charge in [-0.05, 0) is 42.5 Å². The lowest BCUT2D eigenvalue weighted by Gasteiger charge is -2.24. The number of para-hydroxylation sites is 1. The van der Waals surface area contributed by atoms with Crippen molar-refractivity contribution in [1.29, 1.82) is 0 Å². The van der Waals surface area contributed by atoms with Crippen molar-refractivity contribution < 1.29 is 32.3 Å². The molecule has 41 heavy (non-hydrogen) atoms. The lowest BCUT2D eigenvalue weighted by Crippen LogP contribution is -2.57. The number of rotatable bonds is 14. The fourth-order valence-corrected chi connectivity index (χ4v) is 5.12. The third-order valence-corrected chi connectivity index (χ3v) is 7.33. The van der Waals surface area contributed by atoms with Crippen molar-refractivity contribution in [2.75, 3.05) is 0 Å². The van der Waals surface area contributed by atoms with Crippen molar-refractivity contribution in [1.82, 2.24) is 15.4 Å². The summed E-state index contributed by atoms with van der Waals surface area (Å²) < 4.78 is 39.9. The lowest BCUT2D eigenvalue weighted by molar-refractivity contribution is -0.128. The summed E-state index contributed by atoms with van der Waals surface area (Å²) in [5.74, 6) is -1.33. The number of hydrogen-bond acceptors (Lipinski definition) is 7. The number of carbonyl (C=O) groups excluding carboxylic acids is 3. The second-order valence-electron chi connectivity index (χ2n) is 9.78. The lowest BCUT2D eigenvalue weighted by atomic mass is 10.0. The van der Waals surface area contributed by atoms with E-state index in [9.17, 15) is 22.8 Å². The number of alkyl carbamates (subject to hydrolysis) is 1. The molecule has 1 unspecified atom stereocenters. The van der Waals surface area contributed by atoms with Gasteiger partial charge in [0.2, 0.25) is 15.9 Å². The molecular weight excluding hydrogens is 546 g/mol. The van der Waals surface area contributed by atoms with Crippen molar-refractivity contribution in [3.63, 3.8) is 0 Å². The van der Waals surface area contributed by atoms with Gasteiger partial charge in [0.1, 0.15) is 29.9 Å². The highest BCUT2D eigenvalue weighted by molar-refractivity contribution is 7.89. The molecule has 11 heteroatoms. The summed E-state index contributed by atoms with van der Waals surface area (Å²) >= 11 is 0. The smallest absolute Gasteiger partial charge is 0.408 e. The van der Waals surface area contributed by atoms with Crippen LogP contribution in [0, 0.1) is 5.92 Å². The van der Waals surface area contributed by atoms with Gasteiger partial charge >= 0.3 is 6.09 Å². The van der Waals surface area contributed by atoms with Crippen LogP contribution in [0.3, 0.4) is 0 Å². The van der Waals surface area contributed by atoms with E-state index in [-0.39, 0.29) is 36.2 Å². The zero-order chi connectivity index (χ0) is 29.8. The standard InChI is InChI=1S/C30H35N3O7S/c1-21(2)18-25(31-30(36)40-20-24-14-8-5-9-15-24)29(35)32-28(22(3)34)33-41(37,38)27-17-11-10-16-26(27)39-19-23-12-6-4-7-13-23/h4-17,21,25,28,33H,18-20H2,1-3H3,(H,31,36)(H,32,35)/t25-,28?/m0/s1. The minimum atomic E-state index is -4.32. The highest BCUT2D eigenvalue weighted by atomic mass is 32.2. The molecule has 0 radical (unpaired) electrons. The van der Waals surface area contributed by atoms with Crippen LogP contribution in [0.1, 0.15) is 38.3 Å². The van der Waals surface area contributed by atoms with Gasteiger partial charge in [-0.25, -0.2) is 13.2 Å². The number of sulfonamides is 1.